The molecular formula is C16H26N4O. The van der Waals surface area contributed by atoms with Crippen molar-refractivity contribution in [3.8, 4) is 0 Å². The highest BCUT2D eigenvalue weighted by molar-refractivity contribution is 5.94. The molecule has 1 amide bonds. The summed E-state index contributed by atoms with van der Waals surface area (Å²) in [6.45, 7) is 2.45. The topological polar surface area (TPSA) is 52.8 Å². The number of hydrogen-bond acceptors (Lipinski definition) is 4. The Bertz CT molecular complexity index is 472. The van der Waals surface area contributed by atoms with E-state index >= 15 is 0 Å². The van der Waals surface area contributed by atoms with Crippen LogP contribution in [0, 0.1) is 0 Å². The predicted molar refractivity (Wildman–Crippen MR) is 87.4 cm³/mol. The first-order valence-corrected chi connectivity index (χ1v) is 7.48. The molecule has 0 spiro atoms. The third-order valence-corrected chi connectivity index (χ3v) is 4.22. The van der Waals surface area contributed by atoms with E-state index in [0.29, 0.717) is 18.3 Å². The predicted octanol–water partition coefficient (Wildman–Crippen LogP) is 1.26. The van der Waals surface area contributed by atoms with Gasteiger partial charge in [-0.1, -0.05) is 0 Å². The van der Waals surface area contributed by atoms with E-state index in [4.69, 9.17) is 5.73 Å². The van der Waals surface area contributed by atoms with Crippen LogP contribution in [0.3, 0.4) is 0 Å². The minimum absolute atomic E-state index is 0.124. The zero-order valence-corrected chi connectivity index (χ0v) is 13.2. The fraction of sp³-hybridized carbons (Fsp3) is 0.562. The average Bonchev–Trinajstić information content (AvgIpc) is 2.47. The zero-order valence-electron chi connectivity index (χ0n) is 13.2. The molecule has 2 rings (SSSR count). The maximum atomic E-state index is 12.4. The summed E-state index contributed by atoms with van der Waals surface area (Å²) in [7, 11) is 6.04. The van der Waals surface area contributed by atoms with Gasteiger partial charge >= 0.3 is 0 Å². The van der Waals surface area contributed by atoms with Crippen molar-refractivity contribution in [3.63, 3.8) is 0 Å². The Morgan fingerprint density at radius 1 is 1.29 bits per heavy atom. The van der Waals surface area contributed by atoms with Crippen LogP contribution < -0.4 is 10.6 Å². The second kappa shape index (κ2) is 6.91. The van der Waals surface area contributed by atoms with Crippen LogP contribution in [0.25, 0.3) is 0 Å². The van der Waals surface area contributed by atoms with Gasteiger partial charge in [0.05, 0.1) is 6.54 Å². The summed E-state index contributed by atoms with van der Waals surface area (Å²) in [6.07, 6.45) is 2.37. The zero-order chi connectivity index (χ0) is 15.4. The molecule has 1 aliphatic heterocycles. The fourth-order valence-electron chi connectivity index (χ4n) is 2.74. The Hall–Kier alpha value is -1.59. The first-order valence-electron chi connectivity index (χ1n) is 7.48. The molecule has 1 aromatic carbocycles. The number of benzene rings is 1. The summed E-state index contributed by atoms with van der Waals surface area (Å²) >= 11 is 0. The SMILES string of the molecule is CN(C(=O)CN1CCCC(N(C)C)C1)c1ccc(N)cc1. The number of rotatable bonds is 4. The van der Waals surface area contributed by atoms with Gasteiger partial charge in [0.25, 0.3) is 0 Å². The van der Waals surface area contributed by atoms with E-state index in [9.17, 15) is 4.79 Å². The average molecular weight is 290 g/mol. The highest BCUT2D eigenvalue weighted by Crippen LogP contribution is 2.17. The summed E-state index contributed by atoms with van der Waals surface area (Å²) in [4.78, 5) is 18.6. The smallest absolute Gasteiger partial charge is 0.240 e. The molecule has 1 saturated heterocycles. The number of nitrogens with two attached hydrogens (primary N) is 1. The molecule has 1 atom stereocenters. The molecule has 1 aliphatic rings. The number of carbonyl (C=O) groups excluding carboxylic acids is 1. The van der Waals surface area contributed by atoms with Crippen molar-refractivity contribution >= 4 is 17.3 Å². The fourth-order valence-corrected chi connectivity index (χ4v) is 2.74. The van der Waals surface area contributed by atoms with E-state index in [2.05, 4.69) is 23.9 Å². The summed E-state index contributed by atoms with van der Waals surface area (Å²) in [5.41, 5.74) is 7.28. The lowest BCUT2D eigenvalue weighted by Gasteiger charge is -2.36. The molecule has 5 heteroatoms. The van der Waals surface area contributed by atoms with Crippen molar-refractivity contribution in [2.24, 2.45) is 0 Å². The Morgan fingerprint density at radius 3 is 2.57 bits per heavy atom. The highest BCUT2D eigenvalue weighted by atomic mass is 16.2. The van der Waals surface area contributed by atoms with E-state index in [-0.39, 0.29) is 5.91 Å². The molecule has 0 aliphatic carbocycles. The number of hydrogen-bond donors (Lipinski definition) is 1. The van der Waals surface area contributed by atoms with E-state index in [1.54, 1.807) is 4.90 Å². The lowest BCUT2D eigenvalue weighted by atomic mass is 10.0. The Morgan fingerprint density at radius 2 is 1.95 bits per heavy atom. The molecular weight excluding hydrogens is 264 g/mol. The molecule has 21 heavy (non-hydrogen) atoms. The third-order valence-electron chi connectivity index (χ3n) is 4.22. The molecule has 0 radical (unpaired) electrons. The van der Waals surface area contributed by atoms with Crippen molar-refractivity contribution in [3.05, 3.63) is 24.3 Å². The first-order chi connectivity index (χ1) is 9.97. The van der Waals surface area contributed by atoms with E-state index in [0.717, 1.165) is 25.2 Å². The summed E-state index contributed by atoms with van der Waals surface area (Å²) in [5.74, 6) is 0.124. The maximum Gasteiger partial charge on any atom is 0.240 e. The van der Waals surface area contributed by atoms with Gasteiger partial charge in [-0.2, -0.15) is 0 Å². The molecule has 1 fully saturated rings. The minimum atomic E-state index is 0.124. The van der Waals surface area contributed by atoms with Crippen molar-refractivity contribution < 1.29 is 4.79 Å². The number of nitrogen functional groups attached to an aromatic ring is 1. The van der Waals surface area contributed by atoms with E-state index in [1.165, 1.54) is 6.42 Å². The Kier molecular flexibility index (Phi) is 5.20. The highest BCUT2D eigenvalue weighted by Gasteiger charge is 2.24. The summed E-state index contributed by atoms with van der Waals surface area (Å²) < 4.78 is 0. The van der Waals surface area contributed by atoms with Gasteiger partial charge in [-0.15, -0.1) is 0 Å². The number of piperidine rings is 1. The number of carbonyl (C=O) groups is 1. The number of likely N-dealkylation sites (N-methyl/N-ethyl adjacent to an activating group) is 2. The van der Waals surface area contributed by atoms with Gasteiger partial charge in [0.15, 0.2) is 0 Å². The van der Waals surface area contributed by atoms with Gasteiger partial charge in [-0.25, -0.2) is 0 Å². The van der Waals surface area contributed by atoms with Gasteiger partial charge in [0, 0.05) is 31.0 Å². The van der Waals surface area contributed by atoms with Crippen LogP contribution in [0.4, 0.5) is 11.4 Å². The lowest BCUT2D eigenvalue weighted by molar-refractivity contribution is -0.119. The number of amides is 1. The van der Waals surface area contributed by atoms with Crippen LogP contribution in [-0.2, 0) is 4.79 Å². The Balaban J connectivity index is 1.92. The minimum Gasteiger partial charge on any atom is -0.399 e. The normalized spacial score (nSPS) is 19.7. The molecule has 2 N–H and O–H groups in total. The van der Waals surface area contributed by atoms with Crippen LogP contribution in [-0.4, -0.2) is 62.5 Å². The van der Waals surface area contributed by atoms with Crippen LogP contribution in [0.2, 0.25) is 0 Å². The molecule has 0 aromatic heterocycles. The lowest BCUT2D eigenvalue weighted by Crippen LogP contribution is -2.48. The first kappa shape index (κ1) is 15.8. The third kappa shape index (κ3) is 4.19. The van der Waals surface area contributed by atoms with E-state index in [1.807, 2.05) is 31.3 Å². The van der Waals surface area contributed by atoms with Gasteiger partial charge < -0.3 is 15.5 Å². The van der Waals surface area contributed by atoms with Crippen molar-refractivity contribution in [1.82, 2.24) is 9.80 Å². The second-order valence-corrected chi connectivity index (χ2v) is 6.04. The second-order valence-electron chi connectivity index (χ2n) is 6.04. The van der Waals surface area contributed by atoms with Crippen LogP contribution in [0.1, 0.15) is 12.8 Å². The Labute approximate surface area is 127 Å². The van der Waals surface area contributed by atoms with Gasteiger partial charge in [0.2, 0.25) is 5.91 Å². The molecule has 1 aromatic rings. The monoisotopic (exact) mass is 290 g/mol. The molecule has 5 nitrogen and oxygen atoms in total. The van der Waals surface area contributed by atoms with Crippen molar-refractivity contribution in [2.75, 3.05) is 51.4 Å². The van der Waals surface area contributed by atoms with Crippen molar-refractivity contribution in [1.29, 1.82) is 0 Å². The standard InChI is InChI=1S/C16H26N4O/c1-18(2)15-5-4-10-20(11-15)12-16(21)19(3)14-8-6-13(17)7-9-14/h6-9,15H,4-5,10-12,17H2,1-3H3. The molecule has 1 heterocycles. The quantitative estimate of drug-likeness (QED) is 0.848. The van der Waals surface area contributed by atoms with Crippen LogP contribution >= 0.6 is 0 Å². The van der Waals surface area contributed by atoms with Crippen LogP contribution in [0.5, 0.6) is 0 Å². The number of anilines is 2. The molecule has 0 bridgehead atoms. The largest absolute Gasteiger partial charge is 0.399 e. The summed E-state index contributed by atoms with van der Waals surface area (Å²) in [5, 5.41) is 0. The summed E-state index contributed by atoms with van der Waals surface area (Å²) in [6, 6.07) is 7.95. The number of likely N-dealkylation sites (tertiary alicyclic amines) is 1. The number of nitrogens with zero attached hydrogens (tertiary/aromatic N) is 3. The molecule has 0 saturated carbocycles. The van der Waals surface area contributed by atoms with Crippen molar-refractivity contribution in [2.45, 2.75) is 18.9 Å². The van der Waals surface area contributed by atoms with Crippen LogP contribution in [0.15, 0.2) is 24.3 Å². The molecule has 116 valence electrons. The maximum absolute atomic E-state index is 12.4. The van der Waals surface area contributed by atoms with Gasteiger partial charge in [0.1, 0.15) is 0 Å². The molecule has 1 unspecified atom stereocenters. The van der Waals surface area contributed by atoms with Gasteiger partial charge in [-0.05, 0) is 57.7 Å². The van der Waals surface area contributed by atoms with E-state index < -0.39 is 0 Å². The van der Waals surface area contributed by atoms with Gasteiger partial charge in [-0.3, -0.25) is 9.69 Å².